The number of rotatable bonds is 1. The highest BCUT2D eigenvalue weighted by Gasteiger charge is 2.25. The molecular formula is C13H22N2S. The smallest absolute Gasteiger partial charge is 0.110 e. The van der Waals surface area contributed by atoms with E-state index >= 15 is 0 Å². The molecule has 0 amide bonds. The fourth-order valence-corrected chi connectivity index (χ4v) is 3.62. The van der Waals surface area contributed by atoms with Gasteiger partial charge >= 0.3 is 0 Å². The van der Waals surface area contributed by atoms with E-state index in [1.54, 1.807) is 11.3 Å². The van der Waals surface area contributed by atoms with Crippen molar-refractivity contribution in [1.82, 2.24) is 4.98 Å². The third-order valence-electron chi connectivity index (χ3n) is 3.33. The summed E-state index contributed by atoms with van der Waals surface area (Å²) in [4.78, 5) is 4.80. The van der Waals surface area contributed by atoms with Crippen LogP contribution in [-0.4, -0.2) is 4.98 Å². The number of aromatic nitrogens is 1. The van der Waals surface area contributed by atoms with Gasteiger partial charge in [-0.2, -0.15) is 0 Å². The molecule has 1 aromatic rings. The summed E-state index contributed by atoms with van der Waals surface area (Å²) in [5.41, 5.74) is 7.26. The Labute approximate surface area is 102 Å². The highest BCUT2D eigenvalue weighted by molar-refractivity contribution is 7.15. The first-order chi connectivity index (χ1) is 7.48. The second-order valence-corrected chi connectivity index (χ2v) is 6.91. The maximum absolute atomic E-state index is 6.09. The van der Waals surface area contributed by atoms with E-state index < -0.39 is 0 Å². The maximum atomic E-state index is 6.09. The minimum atomic E-state index is 0.0769. The summed E-state index contributed by atoms with van der Waals surface area (Å²) >= 11 is 1.71. The molecule has 0 aromatic carbocycles. The molecule has 0 aliphatic heterocycles. The van der Waals surface area contributed by atoms with Crippen LogP contribution in [0.1, 0.15) is 69.5 Å². The molecule has 16 heavy (non-hydrogen) atoms. The van der Waals surface area contributed by atoms with Gasteiger partial charge in [0.2, 0.25) is 0 Å². The zero-order chi connectivity index (χ0) is 11.8. The van der Waals surface area contributed by atoms with Gasteiger partial charge in [-0.1, -0.05) is 40.0 Å². The second-order valence-electron chi connectivity index (χ2n) is 5.85. The highest BCUT2D eigenvalue weighted by atomic mass is 32.1. The van der Waals surface area contributed by atoms with Crippen LogP contribution in [0.5, 0.6) is 0 Å². The van der Waals surface area contributed by atoms with Crippen LogP contribution in [0.15, 0.2) is 0 Å². The molecule has 2 N–H and O–H groups in total. The van der Waals surface area contributed by atoms with E-state index in [0.717, 1.165) is 10.7 Å². The molecule has 0 radical (unpaired) electrons. The molecule has 90 valence electrons. The van der Waals surface area contributed by atoms with E-state index in [1.165, 1.54) is 37.1 Å². The van der Waals surface area contributed by atoms with Gasteiger partial charge in [-0.15, -0.1) is 11.3 Å². The van der Waals surface area contributed by atoms with Gasteiger partial charge in [0.05, 0.1) is 10.7 Å². The molecule has 0 saturated heterocycles. The minimum Gasteiger partial charge on any atom is -0.389 e. The zero-order valence-corrected chi connectivity index (χ0v) is 11.4. The van der Waals surface area contributed by atoms with Crippen molar-refractivity contribution < 1.29 is 0 Å². The van der Waals surface area contributed by atoms with Crippen molar-refractivity contribution in [2.24, 2.45) is 0 Å². The molecule has 1 fully saturated rings. The molecule has 2 rings (SSSR count). The van der Waals surface area contributed by atoms with E-state index in [9.17, 15) is 0 Å². The Morgan fingerprint density at radius 2 is 1.81 bits per heavy atom. The third kappa shape index (κ3) is 2.40. The van der Waals surface area contributed by atoms with E-state index in [2.05, 4.69) is 20.8 Å². The van der Waals surface area contributed by atoms with Gasteiger partial charge in [0.15, 0.2) is 0 Å². The van der Waals surface area contributed by atoms with E-state index in [1.807, 2.05) is 0 Å². The Kier molecular flexibility index (Phi) is 3.24. The van der Waals surface area contributed by atoms with Gasteiger partial charge in [0, 0.05) is 11.3 Å². The lowest BCUT2D eigenvalue weighted by atomic mass is 9.89. The predicted molar refractivity (Wildman–Crippen MR) is 71.1 cm³/mol. The fourth-order valence-electron chi connectivity index (χ4n) is 2.41. The molecule has 2 nitrogen and oxygen atoms in total. The lowest BCUT2D eigenvalue weighted by Gasteiger charge is -2.19. The summed E-state index contributed by atoms with van der Waals surface area (Å²) in [6, 6.07) is 0. The lowest BCUT2D eigenvalue weighted by molar-refractivity contribution is 0.440. The molecule has 1 aromatic heterocycles. The van der Waals surface area contributed by atoms with Crippen molar-refractivity contribution >= 4 is 16.3 Å². The predicted octanol–water partition coefficient (Wildman–Crippen LogP) is 4.07. The molecule has 0 bridgehead atoms. The number of nitrogens with zero attached hydrogens (tertiary/aromatic N) is 1. The number of anilines is 1. The van der Waals surface area contributed by atoms with Gasteiger partial charge in [0.1, 0.15) is 5.00 Å². The van der Waals surface area contributed by atoms with Gasteiger partial charge in [-0.25, -0.2) is 4.98 Å². The molecular weight excluding hydrogens is 216 g/mol. The van der Waals surface area contributed by atoms with Crippen molar-refractivity contribution in [2.75, 3.05) is 5.73 Å². The van der Waals surface area contributed by atoms with Crippen LogP contribution in [0.4, 0.5) is 5.00 Å². The van der Waals surface area contributed by atoms with E-state index in [4.69, 9.17) is 10.7 Å². The minimum absolute atomic E-state index is 0.0769. The first-order valence-electron chi connectivity index (χ1n) is 6.25. The average Bonchev–Trinajstić information content (AvgIpc) is 2.61. The van der Waals surface area contributed by atoms with Crippen molar-refractivity contribution in [1.29, 1.82) is 0 Å². The summed E-state index contributed by atoms with van der Waals surface area (Å²) in [5, 5.41) is 2.20. The maximum Gasteiger partial charge on any atom is 0.110 e. The quantitative estimate of drug-likeness (QED) is 0.801. The molecule has 0 unspecified atom stereocenters. The first kappa shape index (κ1) is 11.9. The monoisotopic (exact) mass is 238 g/mol. The number of hydrogen-bond acceptors (Lipinski definition) is 3. The van der Waals surface area contributed by atoms with Crippen molar-refractivity contribution in [2.45, 2.75) is 64.2 Å². The topological polar surface area (TPSA) is 38.9 Å². The molecule has 0 atom stereocenters. The van der Waals surface area contributed by atoms with Crippen LogP contribution in [0, 0.1) is 0 Å². The Morgan fingerprint density at radius 3 is 2.31 bits per heavy atom. The Bertz CT molecular complexity index is 356. The van der Waals surface area contributed by atoms with Crippen LogP contribution in [0.3, 0.4) is 0 Å². The zero-order valence-electron chi connectivity index (χ0n) is 10.5. The van der Waals surface area contributed by atoms with Crippen LogP contribution >= 0.6 is 11.3 Å². The van der Waals surface area contributed by atoms with Crippen molar-refractivity contribution in [3.63, 3.8) is 0 Å². The van der Waals surface area contributed by atoms with Crippen LogP contribution in [-0.2, 0) is 5.41 Å². The lowest BCUT2D eigenvalue weighted by Crippen LogP contribution is -2.14. The molecule has 1 aliphatic rings. The van der Waals surface area contributed by atoms with Crippen LogP contribution in [0.25, 0.3) is 0 Å². The van der Waals surface area contributed by atoms with Crippen molar-refractivity contribution in [3.05, 3.63) is 10.7 Å². The van der Waals surface area contributed by atoms with Gasteiger partial charge < -0.3 is 5.73 Å². The highest BCUT2D eigenvalue weighted by Crippen LogP contribution is 2.39. The van der Waals surface area contributed by atoms with Crippen molar-refractivity contribution in [3.8, 4) is 0 Å². The Morgan fingerprint density at radius 1 is 1.19 bits per heavy atom. The number of thiazole rings is 1. The summed E-state index contributed by atoms with van der Waals surface area (Å²) in [6.07, 6.45) is 6.71. The summed E-state index contributed by atoms with van der Waals surface area (Å²) in [6.45, 7) is 6.55. The normalized spacial score (nSPS) is 18.9. The van der Waals surface area contributed by atoms with Gasteiger partial charge in [-0.3, -0.25) is 0 Å². The van der Waals surface area contributed by atoms with Crippen LogP contribution < -0.4 is 5.73 Å². The molecule has 1 saturated carbocycles. The standard InChI is InChI=1S/C13H22N2S/c1-13(2,3)10-11(14)16-12(15-10)9-7-5-4-6-8-9/h9H,4-8,14H2,1-3H3. The SMILES string of the molecule is CC(C)(C)c1nc(C2CCCCC2)sc1N. The summed E-state index contributed by atoms with van der Waals surface area (Å²) < 4.78 is 0. The summed E-state index contributed by atoms with van der Waals surface area (Å²) in [7, 11) is 0. The van der Waals surface area contributed by atoms with Gasteiger partial charge in [-0.05, 0) is 12.8 Å². The largest absolute Gasteiger partial charge is 0.389 e. The second kappa shape index (κ2) is 4.36. The third-order valence-corrected chi connectivity index (χ3v) is 4.38. The van der Waals surface area contributed by atoms with E-state index in [-0.39, 0.29) is 5.41 Å². The summed E-state index contributed by atoms with van der Waals surface area (Å²) in [5.74, 6) is 0.678. The van der Waals surface area contributed by atoms with Crippen LogP contribution in [0.2, 0.25) is 0 Å². The number of nitrogens with two attached hydrogens (primary N) is 1. The first-order valence-corrected chi connectivity index (χ1v) is 7.07. The van der Waals surface area contributed by atoms with Gasteiger partial charge in [0.25, 0.3) is 0 Å². The van der Waals surface area contributed by atoms with E-state index in [0.29, 0.717) is 5.92 Å². The Balaban J connectivity index is 2.23. The molecule has 0 spiro atoms. The number of nitrogen functional groups attached to an aromatic ring is 1. The Hall–Kier alpha value is -0.570. The fraction of sp³-hybridized carbons (Fsp3) is 0.769. The molecule has 3 heteroatoms. The number of hydrogen-bond donors (Lipinski definition) is 1. The molecule has 1 aliphatic carbocycles. The molecule has 1 heterocycles. The average molecular weight is 238 g/mol.